The molecule has 0 amide bonds. The number of ether oxygens (including phenoxy) is 1. The van der Waals surface area contributed by atoms with E-state index in [9.17, 15) is 0 Å². The maximum absolute atomic E-state index is 5.08. The highest BCUT2D eigenvalue weighted by Gasteiger charge is 2.21. The average molecular weight is 283 g/mol. The Morgan fingerprint density at radius 2 is 1.95 bits per heavy atom. The van der Waals surface area contributed by atoms with E-state index >= 15 is 0 Å². The lowest BCUT2D eigenvalue weighted by molar-refractivity contribution is 0.196. The SMILES string of the molecule is C=CC(C)(CNCCOC)Cc1cccc2ccccc12. The molecule has 0 fully saturated rings. The third-order valence-corrected chi connectivity index (χ3v) is 3.98. The summed E-state index contributed by atoms with van der Waals surface area (Å²) < 4.78 is 5.08. The largest absolute Gasteiger partial charge is 0.383 e. The van der Waals surface area contributed by atoms with Crippen LogP contribution >= 0.6 is 0 Å². The van der Waals surface area contributed by atoms with Gasteiger partial charge in [-0.2, -0.15) is 0 Å². The van der Waals surface area contributed by atoms with Crippen LogP contribution in [0.2, 0.25) is 0 Å². The van der Waals surface area contributed by atoms with Crippen LogP contribution in [0.25, 0.3) is 10.8 Å². The first-order valence-electron chi connectivity index (χ1n) is 7.48. The minimum atomic E-state index is 0.0395. The van der Waals surface area contributed by atoms with Gasteiger partial charge in [-0.15, -0.1) is 6.58 Å². The van der Waals surface area contributed by atoms with E-state index in [4.69, 9.17) is 4.74 Å². The van der Waals surface area contributed by atoms with Crippen LogP contribution in [0.3, 0.4) is 0 Å². The minimum absolute atomic E-state index is 0.0395. The van der Waals surface area contributed by atoms with Crippen molar-refractivity contribution in [3.63, 3.8) is 0 Å². The number of methoxy groups -OCH3 is 1. The van der Waals surface area contributed by atoms with Crippen LogP contribution in [0.5, 0.6) is 0 Å². The van der Waals surface area contributed by atoms with Gasteiger partial charge in [-0.25, -0.2) is 0 Å². The Balaban J connectivity index is 2.14. The molecule has 0 spiro atoms. The van der Waals surface area contributed by atoms with E-state index in [1.54, 1.807) is 7.11 Å². The van der Waals surface area contributed by atoms with Gasteiger partial charge in [0.15, 0.2) is 0 Å². The molecule has 0 aliphatic carbocycles. The van der Waals surface area contributed by atoms with Gasteiger partial charge in [0.1, 0.15) is 0 Å². The lowest BCUT2D eigenvalue weighted by atomic mass is 9.82. The molecule has 2 heteroatoms. The fourth-order valence-corrected chi connectivity index (χ4v) is 2.64. The van der Waals surface area contributed by atoms with Crippen LogP contribution in [-0.4, -0.2) is 26.8 Å². The standard InChI is InChI=1S/C19H25NO/c1-4-19(2,15-20-12-13-21-3)14-17-10-7-9-16-8-5-6-11-18(16)17/h4-11,20H,1,12-15H2,2-3H3. The maximum atomic E-state index is 5.08. The lowest BCUT2D eigenvalue weighted by Crippen LogP contribution is -2.33. The van der Waals surface area contributed by atoms with E-state index in [-0.39, 0.29) is 5.41 Å². The van der Waals surface area contributed by atoms with Crippen LogP contribution in [0, 0.1) is 5.41 Å². The molecule has 1 unspecified atom stereocenters. The van der Waals surface area contributed by atoms with Gasteiger partial charge >= 0.3 is 0 Å². The Morgan fingerprint density at radius 1 is 1.19 bits per heavy atom. The Labute approximate surface area is 127 Å². The van der Waals surface area contributed by atoms with Crippen molar-refractivity contribution in [3.05, 3.63) is 60.7 Å². The summed E-state index contributed by atoms with van der Waals surface area (Å²) in [5, 5.41) is 6.09. The molecule has 112 valence electrons. The molecule has 2 nitrogen and oxygen atoms in total. The topological polar surface area (TPSA) is 21.3 Å². The zero-order chi connectivity index (χ0) is 15.1. The lowest BCUT2D eigenvalue weighted by Gasteiger charge is -2.27. The van der Waals surface area contributed by atoms with Crippen LogP contribution in [0.15, 0.2) is 55.1 Å². The summed E-state index contributed by atoms with van der Waals surface area (Å²) in [5.74, 6) is 0. The number of fused-ring (bicyclic) bond motifs is 1. The monoisotopic (exact) mass is 283 g/mol. The van der Waals surface area contributed by atoms with E-state index in [2.05, 4.69) is 67.4 Å². The van der Waals surface area contributed by atoms with E-state index in [1.165, 1.54) is 16.3 Å². The summed E-state index contributed by atoms with van der Waals surface area (Å²) in [6, 6.07) is 15.1. The van der Waals surface area contributed by atoms with Crippen molar-refractivity contribution in [3.8, 4) is 0 Å². The third-order valence-electron chi connectivity index (χ3n) is 3.98. The summed E-state index contributed by atoms with van der Waals surface area (Å²) in [6.07, 6.45) is 3.05. The molecule has 0 radical (unpaired) electrons. The molecule has 0 heterocycles. The first kappa shape index (κ1) is 15.7. The molecule has 0 aliphatic heterocycles. The van der Waals surface area contributed by atoms with E-state index < -0.39 is 0 Å². The molecule has 21 heavy (non-hydrogen) atoms. The maximum Gasteiger partial charge on any atom is 0.0587 e. The van der Waals surface area contributed by atoms with E-state index in [0.717, 1.165) is 26.1 Å². The normalized spacial score (nSPS) is 14.0. The molecule has 0 aliphatic rings. The molecule has 0 aromatic heterocycles. The third kappa shape index (κ3) is 4.16. The predicted octanol–water partition coefficient (Wildman–Crippen LogP) is 3.81. The molecular formula is C19H25NO. The number of nitrogens with one attached hydrogen (secondary N) is 1. The van der Waals surface area contributed by atoms with Gasteiger partial charge in [-0.1, -0.05) is 55.5 Å². The molecule has 1 N–H and O–H groups in total. The summed E-state index contributed by atoms with van der Waals surface area (Å²) in [5.41, 5.74) is 1.42. The zero-order valence-corrected chi connectivity index (χ0v) is 13.1. The molecule has 2 aromatic rings. The van der Waals surface area contributed by atoms with Crippen LogP contribution < -0.4 is 5.32 Å². The molecule has 0 bridgehead atoms. The van der Waals surface area contributed by atoms with Gasteiger partial charge in [-0.05, 0) is 22.8 Å². The van der Waals surface area contributed by atoms with Crippen molar-refractivity contribution >= 4 is 10.8 Å². The average Bonchev–Trinajstić information content (AvgIpc) is 2.52. The number of rotatable bonds is 8. The summed E-state index contributed by atoms with van der Waals surface area (Å²) >= 11 is 0. The molecular weight excluding hydrogens is 258 g/mol. The van der Waals surface area contributed by atoms with E-state index in [0.29, 0.717) is 0 Å². The quantitative estimate of drug-likeness (QED) is 0.587. The second-order valence-electron chi connectivity index (χ2n) is 5.84. The van der Waals surface area contributed by atoms with Crippen molar-refractivity contribution in [2.45, 2.75) is 13.3 Å². The second kappa shape index (κ2) is 7.39. The van der Waals surface area contributed by atoms with Crippen LogP contribution in [-0.2, 0) is 11.2 Å². The van der Waals surface area contributed by atoms with Crippen LogP contribution in [0.1, 0.15) is 12.5 Å². The smallest absolute Gasteiger partial charge is 0.0587 e. The van der Waals surface area contributed by atoms with Crippen molar-refractivity contribution in [1.29, 1.82) is 0 Å². The second-order valence-corrected chi connectivity index (χ2v) is 5.84. The van der Waals surface area contributed by atoms with E-state index in [1.807, 2.05) is 0 Å². The number of benzene rings is 2. The summed E-state index contributed by atoms with van der Waals surface area (Å²) in [7, 11) is 1.73. The van der Waals surface area contributed by atoms with Gasteiger partial charge in [0, 0.05) is 25.6 Å². The van der Waals surface area contributed by atoms with Crippen molar-refractivity contribution in [2.75, 3.05) is 26.8 Å². The first-order chi connectivity index (χ1) is 10.2. The van der Waals surface area contributed by atoms with Gasteiger partial charge in [0.25, 0.3) is 0 Å². The highest BCUT2D eigenvalue weighted by molar-refractivity contribution is 5.85. The highest BCUT2D eigenvalue weighted by Crippen LogP contribution is 2.28. The minimum Gasteiger partial charge on any atom is -0.383 e. The molecule has 1 atom stereocenters. The Hall–Kier alpha value is -1.64. The Bertz CT molecular complexity index is 588. The fourth-order valence-electron chi connectivity index (χ4n) is 2.64. The Kier molecular flexibility index (Phi) is 5.54. The van der Waals surface area contributed by atoms with Gasteiger partial charge in [-0.3, -0.25) is 0 Å². The molecule has 0 saturated heterocycles. The van der Waals surface area contributed by atoms with Crippen molar-refractivity contribution in [2.24, 2.45) is 5.41 Å². The zero-order valence-electron chi connectivity index (χ0n) is 13.1. The van der Waals surface area contributed by atoms with Crippen molar-refractivity contribution < 1.29 is 4.74 Å². The fraction of sp³-hybridized carbons (Fsp3) is 0.368. The molecule has 2 rings (SSSR count). The first-order valence-corrected chi connectivity index (χ1v) is 7.48. The van der Waals surface area contributed by atoms with Gasteiger partial charge in [0.2, 0.25) is 0 Å². The molecule has 2 aromatic carbocycles. The van der Waals surface area contributed by atoms with Gasteiger partial charge < -0.3 is 10.1 Å². The molecule has 0 saturated carbocycles. The summed E-state index contributed by atoms with van der Waals surface area (Å²) in [4.78, 5) is 0. The summed E-state index contributed by atoms with van der Waals surface area (Å²) in [6.45, 7) is 8.80. The number of hydrogen-bond donors (Lipinski definition) is 1. The van der Waals surface area contributed by atoms with Crippen molar-refractivity contribution in [1.82, 2.24) is 5.32 Å². The van der Waals surface area contributed by atoms with Crippen LogP contribution in [0.4, 0.5) is 0 Å². The number of hydrogen-bond acceptors (Lipinski definition) is 2. The van der Waals surface area contributed by atoms with Gasteiger partial charge in [0.05, 0.1) is 6.61 Å². The Morgan fingerprint density at radius 3 is 2.71 bits per heavy atom. The predicted molar refractivity (Wildman–Crippen MR) is 90.7 cm³/mol. The highest BCUT2D eigenvalue weighted by atomic mass is 16.5.